The standard InChI is InChI=1S/C10H16O3/c1-3-4-7-9(11)6(2)8-5-12-10(7)13-8/h3,6-11H,1,4-5H2,2H3/t6-,7-,8-,9+,10-/m1/s1. The molecule has 2 fully saturated rings. The van der Waals surface area contributed by atoms with Crippen molar-refractivity contribution < 1.29 is 14.6 Å². The molecule has 3 heteroatoms. The average Bonchev–Trinajstić information content (AvgIpc) is 2.56. The van der Waals surface area contributed by atoms with E-state index in [1.165, 1.54) is 0 Å². The molecule has 0 amide bonds. The van der Waals surface area contributed by atoms with Gasteiger partial charge in [0.05, 0.1) is 18.8 Å². The molecule has 13 heavy (non-hydrogen) atoms. The minimum atomic E-state index is -0.316. The SMILES string of the molecule is C=CC[C@H]1[C@@H]2OC[C@@H](O2)[C@@H](C)[C@@H]1O. The highest BCUT2D eigenvalue weighted by molar-refractivity contribution is 4.93. The number of rotatable bonds is 2. The molecule has 0 aromatic carbocycles. The van der Waals surface area contributed by atoms with Crippen molar-refractivity contribution in [1.82, 2.24) is 0 Å². The highest BCUT2D eigenvalue weighted by Crippen LogP contribution is 2.37. The summed E-state index contributed by atoms with van der Waals surface area (Å²) in [6, 6.07) is 0. The molecule has 5 atom stereocenters. The van der Waals surface area contributed by atoms with Crippen LogP contribution in [0.25, 0.3) is 0 Å². The number of aliphatic hydroxyl groups excluding tert-OH is 1. The molecule has 0 saturated carbocycles. The van der Waals surface area contributed by atoms with E-state index in [0.29, 0.717) is 6.61 Å². The number of hydrogen-bond donors (Lipinski definition) is 1. The van der Waals surface area contributed by atoms with Gasteiger partial charge in [0, 0.05) is 11.8 Å². The van der Waals surface area contributed by atoms with E-state index >= 15 is 0 Å². The smallest absolute Gasteiger partial charge is 0.163 e. The maximum absolute atomic E-state index is 9.94. The normalized spacial score (nSPS) is 49.2. The van der Waals surface area contributed by atoms with Gasteiger partial charge in [-0.05, 0) is 6.42 Å². The van der Waals surface area contributed by atoms with Crippen molar-refractivity contribution in [1.29, 1.82) is 0 Å². The molecule has 2 saturated heterocycles. The van der Waals surface area contributed by atoms with Crippen LogP contribution < -0.4 is 0 Å². The Balaban J connectivity index is 2.12. The van der Waals surface area contributed by atoms with Crippen LogP contribution in [-0.4, -0.2) is 30.2 Å². The third kappa shape index (κ3) is 1.41. The molecular weight excluding hydrogens is 168 g/mol. The first kappa shape index (κ1) is 9.19. The van der Waals surface area contributed by atoms with Crippen molar-refractivity contribution in [3.63, 3.8) is 0 Å². The second kappa shape index (κ2) is 3.40. The number of ether oxygens (including phenoxy) is 2. The van der Waals surface area contributed by atoms with Crippen LogP contribution in [0.5, 0.6) is 0 Å². The van der Waals surface area contributed by atoms with Crippen LogP contribution in [0, 0.1) is 11.8 Å². The second-order valence-electron chi connectivity index (χ2n) is 3.91. The summed E-state index contributed by atoms with van der Waals surface area (Å²) in [6.45, 7) is 6.31. The molecule has 2 aliphatic rings. The summed E-state index contributed by atoms with van der Waals surface area (Å²) in [5, 5.41) is 9.94. The van der Waals surface area contributed by atoms with Gasteiger partial charge in [0.15, 0.2) is 6.29 Å². The highest BCUT2D eigenvalue weighted by Gasteiger charge is 2.47. The highest BCUT2D eigenvalue weighted by atomic mass is 16.7. The Bertz CT molecular complexity index is 204. The molecule has 2 aliphatic heterocycles. The van der Waals surface area contributed by atoms with Gasteiger partial charge in [-0.2, -0.15) is 0 Å². The van der Waals surface area contributed by atoms with Crippen LogP contribution in [0.3, 0.4) is 0 Å². The molecule has 0 aromatic heterocycles. The summed E-state index contributed by atoms with van der Waals surface area (Å²) < 4.78 is 11.1. The molecule has 74 valence electrons. The molecule has 0 radical (unpaired) electrons. The Morgan fingerprint density at radius 1 is 1.62 bits per heavy atom. The topological polar surface area (TPSA) is 38.7 Å². The van der Waals surface area contributed by atoms with Crippen LogP contribution in [0.4, 0.5) is 0 Å². The van der Waals surface area contributed by atoms with E-state index in [9.17, 15) is 5.11 Å². The van der Waals surface area contributed by atoms with E-state index in [1.807, 2.05) is 13.0 Å². The van der Waals surface area contributed by atoms with Crippen molar-refractivity contribution in [2.45, 2.75) is 31.8 Å². The minimum absolute atomic E-state index is 0.0613. The largest absolute Gasteiger partial charge is 0.392 e. The number of allylic oxidation sites excluding steroid dienone is 1. The van der Waals surface area contributed by atoms with E-state index in [2.05, 4.69) is 6.58 Å². The third-order valence-corrected chi connectivity index (χ3v) is 3.09. The van der Waals surface area contributed by atoms with Crippen molar-refractivity contribution >= 4 is 0 Å². The Labute approximate surface area is 78.3 Å². The molecular formula is C10H16O3. The first-order valence-electron chi connectivity index (χ1n) is 4.80. The lowest BCUT2D eigenvalue weighted by Crippen LogP contribution is -2.45. The lowest BCUT2D eigenvalue weighted by Gasteiger charge is -2.36. The van der Waals surface area contributed by atoms with Gasteiger partial charge in [0.1, 0.15) is 0 Å². The maximum atomic E-state index is 9.94. The number of fused-ring (bicyclic) bond motifs is 2. The van der Waals surface area contributed by atoms with Gasteiger partial charge in [-0.15, -0.1) is 6.58 Å². The van der Waals surface area contributed by atoms with Gasteiger partial charge in [0.25, 0.3) is 0 Å². The average molecular weight is 184 g/mol. The molecule has 0 aliphatic carbocycles. The van der Waals surface area contributed by atoms with Crippen molar-refractivity contribution in [3.05, 3.63) is 12.7 Å². The monoisotopic (exact) mass is 184 g/mol. The van der Waals surface area contributed by atoms with Crippen LogP contribution in [-0.2, 0) is 9.47 Å². The number of hydrogen-bond acceptors (Lipinski definition) is 3. The summed E-state index contributed by atoms with van der Waals surface area (Å²) in [4.78, 5) is 0. The third-order valence-electron chi connectivity index (χ3n) is 3.09. The maximum Gasteiger partial charge on any atom is 0.163 e. The molecule has 3 nitrogen and oxygen atoms in total. The van der Waals surface area contributed by atoms with E-state index in [-0.39, 0.29) is 30.3 Å². The quantitative estimate of drug-likeness (QED) is 0.649. The molecule has 2 heterocycles. The van der Waals surface area contributed by atoms with Crippen LogP contribution in [0.2, 0.25) is 0 Å². The van der Waals surface area contributed by atoms with Gasteiger partial charge >= 0.3 is 0 Å². The number of aliphatic hydroxyl groups is 1. The molecule has 0 spiro atoms. The van der Waals surface area contributed by atoms with Gasteiger partial charge in [-0.1, -0.05) is 13.0 Å². The van der Waals surface area contributed by atoms with E-state index in [4.69, 9.17) is 9.47 Å². The summed E-state index contributed by atoms with van der Waals surface area (Å²) >= 11 is 0. The van der Waals surface area contributed by atoms with E-state index in [1.54, 1.807) is 0 Å². The van der Waals surface area contributed by atoms with E-state index in [0.717, 1.165) is 6.42 Å². The summed E-state index contributed by atoms with van der Waals surface area (Å²) in [5.41, 5.74) is 0. The molecule has 2 bridgehead atoms. The zero-order valence-electron chi connectivity index (χ0n) is 7.85. The first-order valence-corrected chi connectivity index (χ1v) is 4.80. The Hall–Kier alpha value is -0.380. The Kier molecular flexibility index (Phi) is 2.41. The van der Waals surface area contributed by atoms with Crippen LogP contribution in [0.1, 0.15) is 13.3 Å². The van der Waals surface area contributed by atoms with Crippen LogP contribution in [0.15, 0.2) is 12.7 Å². The Morgan fingerprint density at radius 2 is 2.38 bits per heavy atom. The second-order valence-corrected chi connectivity index (χ2v) is 3.91. The summed E-state index contributed by atoms with van der Waals surface area (Å²) in [6.07, 6.45) is 2.12. The molecule has 0 aromatic rings. The fourth-order valence-electron chi connectivity index (χ4n) is 2.15. The van der Waals surface area contributed by atoms with Gasteiger partial charge in [0.2, 0.25) is 0 Å². The minimum Gasteiger partial charge on any atom is -0.392 e. The lowest BCUT2D eigenvalue weighted by atomic mass is 9.84. The van der Waals surface area contributed by atoms with Gasteiger partial charge < -0.3 is 14.6 Å². The fraction of sp³-hybridized carbons (Fsp3) is 0.800. The summed E-state index contributed by atoms with van der Waals surface area (Å²) in [7, 11) is 0. The zero-order valence-corrected chi connectivity index (χ0v) is 7.85. The zero-order chi connectivity index (χ0) is 9.42. The van der Waals surface area contributed by atoms with E-state index < -0.39 is 0 Å². The molecule has 1 N–H and O–H groups in total. The van der Waals surface area contributed by atoms with Crippen molar-refractivity contribution in [3.8, 4) is 0 Å². The first-order chi connectivity index (χ1) is 6.24. The predicted octanol–water partition coefficient (Wildman–Crippen LogP) is 0.931. The van der Waals surface area contributed by atoms with Gasteiger partial charge in [-0.25, -0.2) is 0 Å². The fourth-order valence-corrected chi connectivity index (χ4v) is 2.15. The molecule has 2 rings (SSSR count). The Morgan fingerprint density at radius 3 is 3.08 bits per heavy atom. The predicted molar refractivity (Wildman–Crippen MR) is 48.1 cm³/mol. The van der Waals surface area contributed by atoms with Crippen molar-refractivity contribution in [2.75, 3.05) is 6.61 Å². The van der Waals surface area contributed by atoms with Crippen molar-refractivity contribution in [2.24, 2.45) is 11.8 Å². The lowest BCUT2D eigenvalue weighted by molar-refractivity contribution is -0.179. The van der Waals surface area contributed by atoms with Gasteiger partial charge in [-0.3, -0.25) is 0 Å². The molecule has 0 unspecified atom stereocenters. The van der Waals surface area contributed by atoms with Crippen LogP contribution >= 0.6 is 0 Å². The summed E-state index contributed by atoms with van der Waals surface area (Å²) in [5.74, 6) is 0.231.